The van der Waals surface area contributed by atoms with Crippen molar-refractivity contribution in [3.05, 3.63) is 104 Å². The predicted molar refractivity (Wildman–Crippen MR) is 158 cm³/mol. The summed E-state index contributed by atoms with van der Waals surface area (Å²) in [7, 11) is 0. The highest BCUT2D eigenvalue weighted by atomic mass is 79.9. The molecule has 12 heteroatoms. The number of halogens is 4. The number of nitrogens with zero attached hydrogens (tertiary/aromatic N) is 4. The molecule has 37 heavy (non-hydrogen) atoms. The van der Waals surface area contributed by atoms with Crippen LogP contribution in [0.15, 0.2) is 76.3 Å². The standard InChI is InChI=1S/C25H18Br4N4O4/c1-2-3-23-31-21-7-6-16(26)10-18(21)25(34)32(23)30-12-14-8-20(29)24(22(9-14)33(35)36)37-13-15-4-5-17(27)11-19(15)28/h4-12H,2-3,13H2,1H3. The van der Waals surface area contributed by atoms with Gasteiger partial charge >= 0.3 is 5.69 Å². The largest absolute Gasteiger partial charge is 0.481 e. The number of aromatic nitrogens is 2. The summed E-state index contributed by atoms with van der Waals surface area (Å²) in [5.74, 6) is 0.602. The third kappa shape index (κ3) is 6.36. The van der Waals surface area contributed by atoms with Gasteiger partial charge in [-0.3, -0.25) is 14.9 Å². The van der Waals surface area contributed by atoms with E-state index in [1.165, 1.54) is 17.0 Å². The lowest BCUT2D eigenvalue weighted by Gasteiger charge is -2.11. The number of aryl methyl sites for hydroxylation is 1. The van der Waals surface area contributed by atoms with Crippen LogP contribution >= 0.6 is 63.7 Å². The van der Waals surface area contributed by atoms with Gasteiger partial charge in [0.1, 0.15) is 12.4 Å². The van der Waals surface area contributed by atoms with Crippen molar-refractivity contribution in [2.45, 2.75) is 26.4 Å². The van der Waals surface area contributed by atoms with E-state index in [4.69, 9.17) is 4.74 Å². The van der Waals surface area contributed by atoms with Crippen molar-refractivity contribution in [3.8, 4) is 5.75 Å². The van der Waals surface area contributed by atoms with Crippen molar-refractivity contribution in [1.29, 1.82) is 0 Å². The number of fused-ring (bicyclic) bond motifs is 1. The second-order valence-electron chi connectivity index (χ2n) is 7.93. The van der Waals surface area contributed by atoms with E-state index in [0.717, 1.165) is 25.4 Å². The number of rotatable bonds is 8. The Bertz CT molecular complexity index is 1600. The highest BCUT2D eigenvalue weighted by molar-refractivity contribution is 9.11. The van der Waals surface area contributed by atoms with Gasteiger partial charge in [0, 0.05) is 37.0 Å². The SMILES string of the molecule is CCCc1nc2ccc(Br)cc2c(=O)n1N=Cc1cc(Br)c(OCc2ccc(Br)cc2Br)c([N+](=O)[O-])c1. The monoisotopic (exact) mass is 754 g/mol. The maximum Gasteiger partial charge on any atom is 0.312 e. The number of benzene rings is 3. The van der Waals surface area contributed by atoms with Gasteiger partial charge in [0.15, 0.2) is 0 Å². The van der Waals surface area contributed by atoms with E-state index >= 15 is 0 Å². The summed E-state index contributed by atoms with van der Waals surface area (Å²) < 4.78 is 9.93. The van der Waals surface area contributed by atoms with Gasteiger partial charge in [-0.25, -0.2) is 4.98 Å². The van der Waals surface area contributed by atoms with Gasteiger partial charge in [0.05, 0.1) is 26.5 Å². The van der Waals surface area contributed by atoms with E-state index in [2.05, 4.69) is 73.8 Å². The van der Waals surface area contributed by atoms with Crippen LogP contribution in [-0.4, -0.2) is 20.8 Å². The number of nitro groups is 1. The molecule has 0 aliphatic rings. The lowest BCUT2D eigenvalue weighted by molar-refractivity contribution is -0.386. The summed E-state index contributed by atoms with van der Waals surface area (Å²) in [6.07, 6.45) is 2.71. The van der Waals surface area contributed by atoms with Crippen LogP contribution in [-0.2, 0) is 13.0 Å². The molecule has 0 saturated carbocycles. The molecule has 8 nitrogen and oxygen atoms in total. The van der Waals surface area contributed by atoms with E-state index in [9.17, 15) is 14.9 Å². The minimum Gasteiger partial charge on any atom is -0.481 e. The molecule has 3 aromatic carbocycles. The Morgan fingerprint density at radius 3 is 2.49 bits per heavy atom. The summed E-state index contributed by atoms with van der Waals surface area (Å²) in [4.78, 5) is 29.2. The predicted octanol–water partition coefficient (Wildman–Crippen LogP) is 7.77. The maximum absolute atomic E-state index is 13.2. The molecule has 0 unspecified atom stereocenters. The molecule has 0 atom stereocenters. The Morgan fingerprint density at radius 1 is 1.05 bits per heavy atom. The van der Waals surface area contributed by atoms with Gasteiger partial charge in [-0.15, -0.1) is 0 Å². The average Bonchev–Trinajstić information content (AvgIpc) is 2.84. The summed E-state index contributed by atoms with van der Waals surface area (Å²) >= 11 is 13.7. The van der Waals surface area contributed by atoms with Gasteiger partial charge in [-0.05, 0) is 58.7 Å². The molecular formula is C25H18Br4N4O4. The van der Waals surface area contributed by atoms with Crippen LogP contribution in [0.2, 0.25) is 0 Å². The lowest BCUT2D eigenvalue weighted by atomic mass is 10.2. The van der Waals surface area contributed by atoms with Crippen molar-refractivity contribution in [2.24, 2.45) is 5.10 Å². The van der Waals surface area contributed by atoms with Crippen molar-refractivity contribution in [1.82, 2.24) is 9.66 Å². The van der Waals surface area contributed by atoms with E-state index < -0.39 is 4.92 Å². The summed E-state index contributed by atoms with van der Waals surface area (Å²) in [6, 6.07) is 13.9. The molecule has 0 saturated heterocycles. The molecule has 0 amide bonds. The molecule has 4 aromatic rings. The zero-order chi connectivity index (χ0) is 26.7. The first kappa shape index (κ1) is 27.6. The maximum atomic E-state index is 13.2. The zero-order valence-electron chi connectivity index (χ0n) is 19.3. The van der Waals surface area contributed by atoms with Crippen molar-refractivity contribution in [3.63, 3.8) is 0 Å². The number of ether oxygens (including phenoxy) is 1. The molecule has 0 spiro atoms. The smallest absolute Gasteiger partial charge is 0.312 e. The van der Waals surface area contributed by atoms with Crippen LogP contribution in [0.1, 0.15) is 30.3 Å². The van der Waals surface area contributed by atoms with E-state index in [1.54, 1.807) is 18.2 Å². The molecular weight excluding hydrogens is 740 g/mol. The van der Waals surface area contributed by atoms with Gasteiger partial charge in [0.2, 0.25) is 5.75 Å². The van der Waals surface area contributed by atoms with Crippen LogP contribution in [0.25, 0.3) is 10.9 Å². The zero-order valence-corrected chi connectivity index (χ0v) is 25.6. The van der Waals surface area contributed by atoms with E-state index in [0.29, 0.717) is 33.2 Å². The Kier molecular flexibility index (Phi) is 8.94. The Balaban J connectivity index is 1.71. The fourth-order valence-electron chi connectivity index (χ4n) is 3.56. The molecule has 1 aromatic heterocycles. The quantitative estimate of drug-likeness (QED) is 0.104. The summed E-state index contributed by atoms with van der Waals surface area (Å²) in [5.41, 5.74) is 1.28. The van der Waals surface area contributed by atoms with Crippen LogP contribution in [0.5, 0.6) is 5.75 Å². The first-order valence-electron chi connectivity index (χ1n) is 11.0. The Labute approximate surface area is 245 Å². The number of hydrogen-bond donors (Lipinski definition) is 0. The normalized spacial score (nSPS) is 11.4. The number of hydrogen-bond acceptors (Lipinski definition) is 6. The average molecular weight is 758 g/mol. The van der Waals surface area contributed by atoms with Crippen LogP contribution in [0, 0.1) is 10.1 Å². The Morgan fingerprint density at radius 2 is 1.78 bits per heavy atom. The molecule has 1 heterocycles. The molecule has 0 radical (unpaired) electrons. The Hall–Kier alpha value is -2.41. The molecule has 0 N–H and O–H groups in total. The first-order valence-corrected chi connectivity index (χ1v) is 14.1. The van der Waals surface area contributed by atoms with Crippen LogP contribution in [0.3, 0.4) is 0 Å². The summed E-state index contributed by atoms with van der Waals surface area (Å²) in [5, 5.41) is 16.7. The van der Waals surface area contributed by atoms with E-state index in [1.807, 2.05) is 31.2 Å². The van der Waals surface area contributed by atoms with E-state index in [-0.39, 0.29) is 23.6 Å². The highest BCUT2D eigenvalue weighted by Crippen LogP contribution is 2.37. The molecule has 0 bridgehead atoms. The van der Waals surface area contributed by atoms with Crippen molar-refractivity contribution < 1.29 is 9.66 Å². The van der Waals surface area contributed by atoms with Crippen molar-refractivity contribution >= 4 is 86.5 Å². The minimum absolute atomic E-state index is 0.0954. The molecule has 0 aliphatic heterocycles. The first-order chi connectivity index (χ1) is 17.7. The topological polar surface area (TPSA) is 99.6 Å². The minimum atomic E-state index is -0.516. The second kappa shape index (κ2) is 12.0. The fraction of sp³-hybridized carbons (Fsp3) is 0.160. The molecule has 4 rings (SSSR count). The van der Waals surface area contributed by atoms with Gasteiger partial charge in [-0.1, -0.05) is 60.8 Å². The van der Waals surface area contributed by atoms with Crippen LogP contribution < -0.4 is 10.3 Å². The third-order valence-corrected chi connectivity index (χ3v) is 7.62. The van der Waals surface area contributed by atoms with Crippen LogP contribution in [0.4, 0.5) is 5.69 Å². The summed E-state index contributed by atoms with van der Waals surface area (Å²) in [6.45, 7) is 2.10. The van der Waals surface area contributed by atoms with Crippen molar-refractivity contribution in [2.75, 3.05) is 0 Å². The second-order valence-corrected chi connectivity index (χ2v) is 11.5. The lowest BCUT2D eigenvalue weighted by Crippen LogP contribution is -2.22. The van der Waals surface area contributed by atoms with Gasteiger partial charge in [-0.2, -0.15) is 9.78 Å². The van der Waals surface area contributed by atoms with Gasteiger partial charge in [0.25, 0.3) is 5.56 Å². The highest BCUT2D eigenvalue weighted by Gasteiger charge is 2.21. The van der Waals surface area contributed by atoms with Gasteiger partial charge < -0.3 is 4.74 Å². The molecule has 0 aliphatic carbocycles. The molecule has 0 fully saturated rings. The molecule has 190 valence electrons. The fourth-order valence-corrected chi connectivity index (χ4v) is 5.67. The number of nitro benzene ring substituents is 1. The third-order valence-electron chi connectivity index (χ3n) is 5.30.